The molecule has 1 unspecified atom stereocenters. The lowest BCUT2D eigenvalue weighted by Crippen LogP contribution is -2.28. The summed E-state index contributed by atoms with van der Waals surface area (Å²) in [5, 5.41) is 3.50. The third-order valence-electron chi connectivity index (χ3n) is 3.86. The average Bonchev–Trinajstić information content (AvgIpc) is 2.80. The lowest BCUT2D eigenvalue weighted by molar-refractivity contribution is 0.336. The molecule has 76 valence electrons. The van der Waals surface area contributed by atoms with E-state index >= 15 is 0 Å². The Kier molecular flexibility index (Phi) is 2.61. The number of nitrogens with one attached hydrogen (secondary N) is 1. The van der Waals surface area contributed by atoms with E-state index in [2.05, 4.69) is 24.1 Å². The number of hydrogen-bond donors (Lipinski definition) is 1. The molecule has 1 heterocycles. The molecule has 0 amide bonds. The molecule has 1 aliphatic heterocycles. The van der Waals surface area contributed by atoms with Crippen LogP contribution in [0.25, 0.3) is 0 Å². The Bertz CT molecular complexity index is 175. The monoisotopic (exact) mass is 182 g/mol. The molecule has 0 bridgehead atoms. The molecular weight excluding hydrogens is 160 g/mol. The molecule has 1 spiro atoms. The molecular formula is C11H22N2. The van der Waals surface area contributed by atoms with Crippen LogP contribution in [-0.4, -0.2) is 37.6 Å². The maximum Gasteiger partial charge on any atom is 0.00416 e. The molecule has 0 radical (unpaired) electrons. The average molecular weight is 182 g/mol. The highest BCUT2D eigenvalue weighted by Crippen LogP contribution is 2.55. The highest BCUT2D eigenvalue weighted by Gasteiger charge is 2.53. The van der Waals surface area contributed by atoms with Crippen LogP contribution >= 0.6 is 0 Å². The molecule has 0 aromatic carbocycles. The van der Waals surface area contributed by atoms with Crippen LogP contribution in [-0.2, 0) is 0 Å². The van der Waals surface area contributed by atoms with Crippen LogP contribution in [0.1, 0.15) is 26.7 Å². The fourth-order valence-electron chi connectivity index (χ4n) is 2.71. The van der Waals surface area contributed by atoms with Crippen molar-refractivity contribution < 1.29 is 0 Å². The molecule has 2 aliphatic rings. The van der Waals surface area contributed by atoms with E-state index < -0.39 is 0 Å². The molecule has 13 heavy (non-hydrogen) atoms. The van der Waals surface area contributed by atoms with Crippen LogP contribution in [0.2, 0.25) is 0 Å². The molecule has 1 saturated heterocycles. The maximum absolute atomic E-state index is 3.50. The lowest BCUT2D eigenvalue weighted by atomic mass is 9.93. The van der Waals surface area contributed by atoms with E-state index in [9.17, 15) is 0 Å². The number of hydrogen-bond acceptors (Lipinski definition) is 2. The first kappa shape index (κ1) is 9.47. The van der Waals surface area contributed by atoms with E-state index in [0.29, 0.717) is 0 Å². The van der Waals surface area contributed by atoms with Gasteiger partial charge in [0.25, 0.3) is 0 Å². The minimum Gasteiger partial charge on any atom is -0.317 e. The van der Waals surface area contributed by atoms with Crippen molar-refractivity contribution in [1.82, 2.24) is 10.2 Å². The zero-order valence-electron chi connectivity index (χ0n) is 8.97. The standard InChI is InChI=1S/C11H22N2/c1-3-12-7-10-8-13(4-2)9-11(10)5-6-11/h10,12H,3-9H2,1-2H3. The molecule has 2 rings (SSSR count). The van der Waals surface area contributed by atoms with Gasteiger partial charge in [-0.1, -0.05) is 13.8 Å². The summed E-state index contributed by atoms with van der Waals surface area (Å²) in [6.07, 6.45) is 2.97. The van der Waals surface area contributed by atoms with Gasteiger partial charge in [-0.25, -0.2) is 0 Å². The Hall–Kier alpha value is -0.0800. The van der Waals surface area contributed by atoms with Gasteiger partial charge in [0.15, 0.2) is 0 Å². The molecule has 1 saturated carbocycles. The third-order valence-corrected chi connectivity index (χ3v) is 3.86. The van der Waals surface area contributed by atoms with E-state index in [0.717, 1.165) is 17.9 Å². The Morgan fingerprint density at radius 3 is 2.69 bits per heavy atom. The van der Waals surface area contributed by atoms with Gasteiger partial charge in [0, 0.05) is 13.1 Å². The second-order valence-corrected chi connectivity index (χ2v) is 4.69. The van der Waals surface area contributed by atoms with Gasteiger partial charge in [-0.2, -0.15) is 0 Å². The summed E-state index contributed by atoms with van der Waals surface area (Å²) < 4.78 is 0. The van der Waals surface area contributed by atoms with Gasteiger partial charge in [-0.3, -0.25) is 0 Å². The Balaban J connectivity index is 1.87. The molecule has 2 nitrogen and oxygen atoms in total. The highest BCUT2D eigenvalue weighted by molar-refractivity contribution is 5.06. The minimum absolute atomic E-state index is 0.748. The Morgan fingerprint density at radius 1 is 1.38 bits per heavy atom. The van der Waals surface area contributed by atoms with Crippen molar-refractivity contribution in [3.05, 3.63) is 0 Å². The highest BCUT2D eigenvalue weighted by atomic mass is 15.2. The summed E-state index contributed by atoms with van der Waals surface area (Å²) in [6, 6.07) is 0. The van der Waals surface area contributed by atoms with Crippen molar-refractivity contribution in [2.24, 2.45) is 11.3 Å². The van der Waals surface area contributed by atoms with Crippen LogP contribution in [0.15, 0.2) is 0 Å². The first-order chi connectivity index (χ1) is 6.30. The van der Waals surface area contributed by atoms with Gasteiger partial charge in [0.1, 0.15) is 0 Å². The third kappa shape index (κ3) is 1.75. The predicted octanol–water partition coefficient (Wildman–Crippen LogP) is 1.33. The van der Waals surface area contributed by atoms with Gasteiger partial charge in [-0.15, -0.1) is 0 Å². The number of nitrogens with zero attached hydrogens (tertiary/aromatic N) is 1. The molecule has 2 heteroatoms. The van der Waals surface area contributed by atoms with Crippen LogP contribution in [0.4, 0.5) is 0 Å². The van der Waals surface area contributed by atoms with Crippen molar-refractivity contribution in [2.75, 3.05) is 32.7 Å². The maximum atomic E-state index is 3.50. The Morgan fingerprint density at radius 2 is 2.15 bits per heavy atom. The fourth-order valence-corrected chi connectivity index (χ4v) is 2.71. The fraction of sp³-hybridized carbons (Fsp3) is 1.00. The molecule has 0 aromatic rings. The van der Waals surface area contributed by atoms with E-state index in [4.69, 9.17) is 0 Å². The first-order valence-electron chi connectivity index (χ1n) is 5.74. The van der Waals surface area contributed by atoms with Crippen LogP contribution in [0.5, 0.6) is 0 Å². The van der Waals surface area contributed by atoms with Crippen molar-refractivity contribution in [3.8, 4) is 0 Å². The Labute approximate surface area is 81.7 Å². The molecule has 1 aliphatic carbocycles. The van der Waals surface area contributed by atoms with Gasteiger partial charge in [-0.05, 0) is 43.8 Å². The summed E-state index contributed by atoms with van der Waals surface area (Å²) >= 11 is 0. The SMILES string of the molecule is CCNCC1CN(CC)CC12CC2. The van der Waals surface area contributed by atoms with Gasteiger partial charge >= 0.3 is 0 Å². The molecule has 1 N–H and O–H groups in total. The van der Waals surface area contributed by atoms with Gasteiger partial charge in [0.05, 0.1) is 0 Å². The largest absolute Gasteiger partial charge is 0.317 e. The second-order valence-electron chi connectivity index (χ2n) is 4.69. The summed E-state index contributed by atoms with van der Waals surface area (Å²) in [6.45, 7) is 10.8. The molecule has 0 aromatic heterocycles. The lowest BCUT2D eigenvalue weighted by Gasteiger charge is -2.16. The smallest absolute Gasteiger partial charge is 0.00416 e. The van der Waals surface area contributed by atoms with Gasteiger partial charge in [0.2, 0.25) is 0 Å². The van der Waals surface area contributed by atoms with Crippen LogP contribution < -0.4 is 5.32 Å². The predicted molar refractivity (Wildman–Crippen MR) is 55.8 cm³/mol. The van der Waals surface area contributed by atoms with E-state index in [1.165, 1.54) is 39.0 Å². The van der Waals surface area contributed by atoms with Gasteiger partial charge < -0.3 is 10.2 Å². The number of rotatable bonds is 4. The summed E-state index contributed by atoms with van der Waals surface area (Å²) in [5.74, 6) is 0.937. The van der Waals surface area contributed by atoms with Crippen molar-refractivity contribution in [1.29, 1.82) is 0 Å². The van der Waals surface area contributed by atoms with E-state index in [1.807, 2.05) is 0 Å². The quantitative estimate of drug-likeness (QED) is 0.705. The number of likely N-dealkylation sites (tertiary alicyclic amines) is 1. The van der Waals surface area contributed by atoms with Crippen molar-refractivity contribution in [3.63, 3.8) is 0 Å². The topological polar surface area (TPSA) is 15.3 Å². The first-order valence-corrected chi connectivity index (χ1v) is 5.74. The van der Waals surface area contributed by atoms with E-state index in [-0.39, 0.29) is 0 Å². The normalized spacial score (nSPS) is 31.4. The molecule has 1 atom stereocenters. The zero-order valence-corrected chi connectivity index (χ0v) is 8.97. The van der Waals surface area contributed by atoms with E-state index in [1.54, 1.807) is 0 Å². The molecule has 2 fully saturated rings. The van der Waals surface area contributed by atoms with Crippen LogP contribution in [0, 0.1) is 11.3 Å². The van der Waals surface area contributed by atoms with Crippen molar-refractivity contribution in [2.45, 2.75) is 26.7 Å². The minimum atomic E-state index is 0.748. The van der Waals surface area contributed by atoms with Crippen LogP contribution in [0.3, 0.4) is 0 Å². The zero-order chi connectivity index (χ0) is 9.31. The second kappa shape index (κ2) is 3.58. The summed E-state index contributed by atoms with van der Waals surface area (Å²) in [5.41, 5.74) is 0.748. The summed E-state index contributed by atoms with van der Waals surface area (Å²) in [7, 11) is 0. The van der Waals surface area contributed by atoms with Crippen molar-refractivity contribution >= 4 is 0 Å². The summed E-state index contributed by atoms with van der Waals surface area (Å²) in [4.78, 5) is 2.62.